The van der Waals surface area contributed by atoms with E-state index in [2.05, 4.69) is 40.3 Å². The van der Waals surface area contributed by atoms with Gasteiger partial charge in [-0.25, -0.2) is 4.98 Å². The molecule has 32 heavy (non-hydrogen) atoms. The molecule has 5 rings (SSSR count). The first kappa shape index (κ1) is 21.2. The molecule has 2 N–H and O–H groups in total. The number of likely N-dealkylation sites (tertiary alicyclic amines) is 1. The van der Waals surface area contributed by atoms with Crippen LogP contribution in [0.2, 0.25) is 0 Å². The summed E-state index contributed by atoms with van der Waals surface area (Å²) in [6.07, 6.45) is 9.97. The van der Waals surface area contributed by atoms with E-state index in [0.29, 0.717) is 17.9 Å². The van der Waals surface area contributed by atoms with E-state index in [4.69, 9.17) is 9.97 Å². The van der Waals surface area contributed by atoms with Crippen LogP contribution in [0.1, 0.15) is 75.2 Å². The lowest BCUT2D eigenvalue weighted by molar-refractivity contribution is -0.119. The van der Waals surface area contributed by atoms with E-state index in [9.17, 15) is 4.79 Å². The van der Waals surface area contributed by atoms with Gasteiger partial charge in [0.2, 0.25) is 12.4 Å². The number of piperidine rings is 1. The second kappa shape index (κ2) is 9.08. The average molecular weight is 438 g/mol. The summed E-state index contributed by atoms with van der Waals surface area (Å²) in [5, 5.41) is 11.1. The molecule has 2 atom stereocenters. The zero-order valence-electron chi connectivity index (χ0n) is 19.3. The summed E-state index contributed by atoms with van der Waals surface area (Å²) >= 11 is 0. The maximum absolute atomic E-state index is 11.4. The number of aromatic amines is 1. The number of anilines is 3. The Labute approximate surface area is 190 Å². The van der Waals surface area contributed by atoms with Crippen LogP contribution in [-0.4, -0.2) is 57.2 Å². The number of H-pyrrole nitrogens is 1. The minimum absolute atomic E-state index is 0.403. The van der Waals surface area contributed by atoms with Crippen LogP contribution < -0.4 is 10.2 Å². The van der Waals surface area contributed by atoms with Gasteiger partial charge in [-0.2, -0.15) is 10.1 Å². The fourth-order valence-electron chi connectivity index (χ4n) is 5.61. The van der Waals surface area contributed by atoms with Crippen LogP contribution in [0.15, 0.2) is 6.07 Å². The van der Waals surface area contributed by atoms with E-state index >= 15 is 0 Å². The normalized spacial score (nSPS) is 23.5. The molecule has 0 saturated carbocycles. The van der Waals surface area contributed by atoms with Gasteiger partial charge in [0.15, 0.2) is 5.82 Å². The van der Waals surface area contributed by atoms with Gasteiger partial charge < -0.3 is 15.1 Å². The maximum atomic E-state index is 11.4. The first-order valence-electron chi connectivity index (χ1n) is 12.3. The lowest BCUT2D eigenvalue weighted by Crippen LogP contribution is -2.45. The Morgan fingerprint density at radius 3 is 2.78 bits per heavy atom. The first-order chi connectivity index (χ1) is 15.6. The predicted octanol–water partition coefficient (Wildman–Crippen LogP) is 3.78. The third kappa shape index (κ3) is 4.19. The van der Waals surface area contributed by atoms with E-state index in [0.717, 1.165) is 81.4 Å². The molecule has 172 valence electrons. The Bertz CT molecular complexity index is 956. The molecule has 8 nitrogen and oxygen atoms in total. The highest BCUT2D eigenvalue weighted by molar-refractivity contribution is 5.60. The van der Waals surface area contributed by atoms with Crippen molar-refractivity contribution in [3.63, 3.8) is 0 Å². The third-order valence-corrected chi connectivity index (χ3v) is 7.38. The van der Waals surface area contributed by atoms with Crippen molar-refractivity contribution in [3.8, 4) is 0 Å². The zero-order chi connectivity index (χ0) is 22.1. The molecule has 0 radical (unpaired) electrons. The van der Waals surface area contributed by atoms with E-state index in [1.54, 1.807) is 0 Å². The number of nitrogens with zero attached hydrogens (tertiary/aromatic N) is 5. The first-order valence-corrected chi connectivity index (χ1v) is 12.3. The summed E-state index contributed by atoms with van der Waals surface area (Å²) in [6, 6.07) is 2.49. The van der Waals surface area contributed by atoms with Gasteiger partial charge in [-0.05, 0) is 63.2 Å². The van der Waals surface area contributed by atoms with E-state index < -0.39 is 0 Å². The highest BCUT2D eigenvalue weighted by atomic mass is 16.1. The fourth-order valence-corrected chi connectivity index (χ4v) is 5.61. The Balaban J connectivity index is 1.44. The topological polar surface area (TPSA) is 90.0 Å². The van der Waals surface area contributed by atoms with Crippen molar-refractivity contribution in [2.75, 3.05) is 29.9 Å². The summed E-state index contributed by atoms with van der Waals surface area (Å²) in [7, 11) is 0. The number of aromatic nitrogens is 4. The van der Waals surface area contributed by atoms with Crippen LogP contribution in [-0.2, 0) is 17.6 Å². The molecule has 8 heteroatoms. The zero-order valence-corrected chi connectivity index (χ0v) is 19.3. The molecule has 2 aromatic rings. The van der Waals surface area contributed by atoms with Crippen molar-refractivity contribution in [1.29, 1.82) is 0 Å². The highest BCUT2D eigenvalue weighted by Crippen LogP contribution is 2.35. The fraction of sp³-hybridized carbons (Fsp3) is 0.667. The van der Waals surface area contributed by atoms with Crippen LogP contribution >= 0.6 is 0 Å². The van der Waals surface area contributed by atoms with Crippen LogP contribution in [0.5, 0.6) is 0 Å². The van der Waals surface area contributed by atoms with Gasteiger partial charge >= 0.3 is 0 Å². The van der Waals surface area contributed by atoms with Crippen molar-refractivity contribution in [2.45, 2.75) is 77.2 Å². The van der Waals surface area contributed by atoms with Crippen molar-refractivity contribution >= 4 is 24.0 Å². The van der Waals surface area contributed by atoms with Gasteiger partial charge in [0.05, 0.1) is 5.69 Å². The van der Waals surface area contributed by atoms with Gasteiger partial charge in [0.25, 0.3) is 0 Å². The smallest absolute Gasteiger partial charge is 0.227 e. The maximum Gasteiger partial charge on any atom is 0.227 e. The number of carbonyl (C=O) groups excluding carboxylic acids is 1. The number of fused-ring (bicyclic) bond motifs is 1. The predicted molar refractivity (Wildman–Crippen MR) is 125 cm³/mol. The average Bonchev–Trinajstić information content (AvgIpc) is 3.49. The number of hydrogen-bond donors (Lipinski definition) is 2. The van der Waals surface area contributed by atoms with Crippen molar-refractivity contribution in [2.24, 2.45) is 5.92 Å². The molecule has 1 aliphatic carbocycles. The summed E-state index contributed by atoms with van der Waals surface area (Å²) in [5.41, 5.74) is 3.55. The highest BCUT2D eigenvalue weighted by Gasteiger charge is 2.36. The molecule has 0 bridgehead atoms. The van der Waals surface area contributed by atoms with Gasteiger partial charge in [-0.3, -0.25) is 9.89 Å². The van der Waals surface area contributed by atoms with Crippen molar-refractivity contribution in [1.82, 2.24) is 25.1 Å². The van der Waals surface area contributed by atoms with E-state index in [-0.39, 0.29) is 0 Å². The SMILES string of the molecule is CC(C)c1cc(Nc2nc(N3CCCC3C3CCCN(C=O)C3)nc3c2CCCC3)n[nH]1. The van der Waals surface area contributed by atoms with Crippen LogP contribution in [0.3, 0.4) is 0 Å². The standard InChI is InChI=1S/C24H35N7O/c1-16(2)20-13-22(29-28-20)26-23-18-8-3-4-9-19(18)25-24(27-23)31-12-6-10-21(31)17-7-5-11-30(14-17)15-32/h13,15-17,21H,3-12,14H2,1-2H3,(H2,25,26,27,28,29). The van der Waals surface area contributed by atoms with Gasteiger partial charge in [-0.1, -0.05) is 13.8 Å². The molecule has 2 aromatic heterocycles. The Morgan fingerprint density at radius 2 is 1.97 bits per heavy atom. The molecule has 2 unspecified atom stereocenters. The summed E-state index contributed by atoms with van der Waals surface area (Å²) < 4.78 is 0. The molecule has 1 amide bonds. The largest absolute Gasteiger partial charge is 0.345 e. The quantitative estimate of drug-likeness (QED) is 0.669. The van der Waals surface area contributed by atoms with Crippen molar-refractivity contribution < 1.29 is 4.79 Å². The molecule has 0 aromatic carbocycles. The van der Waals surface area contributed by atoms with Crippen LogP contribution in [0.4, 0.5) is 17.6 Å². The lowest BCUT2D eigenvalue weighted by atomic mass is 9.89. The second-order valence-corrected chi connectivity index (χ2v) is 9.90. The third-order valence-electron chi connectivity index (χ3n) is 7.38. The van der Waals surface area contributed by atoms with Crippen molar-refractivity contribution in [3.05, 3.63) is 23.0 Å². The summed E-state index contributed by atoms with van der Waals surface area (Å²) in [5.74, 6) is 3.47. The van der Waals surface area contributed by atoms with Gasteiger partial charge in [-0.15, -0.1) is 0 Å². The Kier molecular flexibility index (Phi) is 6.02. The molecule has 2 fully saturated rings. The number of amides is 1. The van der Waals surface area contributed by atoms with Gasteiger partial charge in [0, 0.05) is 43.0 Å². The molecular formula is C24H35N7O. The molecule has 2 saturated heterocycles. The molecule has 0 spiro atoms. The second-order valence-electron chi connectivity index (χ2n) is 9.90. The molecule has 3 aliphatic rings. The number of nitrogens with one attached hydrogen (secondary N) is 2. The lowest BCUT2D eigenvalue weighted by Gasteiger charge is -2.38. The van der Waals surface area contributed by atoms with Crippen LogP contribution in [0.25, 0.3) is 0 Å². The minimum Gasteiger partial charge on any atom is -0.345 e. The Hall–Kier alpha value is -2.64. The summed E-state index contributed by atoms with van der Waals surface area (Å²) in [4.78, 5) is 25.9. The number of aryl methyl sites for hydroxylation is 1. The summed E-state index contributed by atoms with van der Waals surface area (Å²) in [6.45, 7) is 7.05. The molecule has 4 heterocycles. The molecule has 2 aliphatic heterocycles. The van der Waals surface area contributed by atoms with E-state index in [1.165, 1.54) is 30.5 Å². The van der Waals surface area contributed by atoms with Gasteiger partial charge in [0.1, 0.15) is 5.82 Å². The number of carbonyl (C=O) groups is 1. The Morgan fingerprint density at radius 1 is 1.12 bits per heavy atom. The minimum atomic E-state index is 0.403. The van der Waals surface area contributed by atoms with E-state index in [1.807, 2.05) is 4.90 Å². The number of rotatable bonds is 6. The monoisotopic (exact) mass is 437 g/mol. The van der Waals surface area contributed by atoms with Crippen LogP contribution in [0, 0.1) is 5.92 Å². The molecular weight excluding hydrogens is 402 g/mol. The number of hydrogen-bond acceptors (Lipinski definition) is 6.